The topological polar surface area (TPSA) is 61.2 Å². The molecule has 0 radical (unpaired) electrons. The molecule has 1 aromatic carbocycles. The lowest BCUT2D eigenvalue weighted by Crippen LogP contribution is -2.18. The summed E-state index contributed by atoms with van der Waals surface area (Å²) in [5.74, 6) is -1.09. The third-order valence-electron chi connectivity index (χ3n) is 4.91. The van der Waals surface area contributed by atoms with Crippen LogP contribution in [0, 0.1) is 11.7 Å². The molecule has 0 amide bonds. The molecule has 1 aliphatic rings. The molecular formula is C19H22F4N2O3S. The molecule has 1 heterocycles. The van der Waals surface area contributed by atoms with E-state index in [-0.39, 0.29) is 11.3 Å². The zero-order valence-electron chi connectivity index (χ0n) is 16.0. The van der Waals surface area contributed by atoms with E-state index in [0.29, 0.717) is 29.9 Å². The molecule has 2 aromatic rings. The van der Waals surface area contributed by atoms with Crippen molar-refractivity contribution < 1.29 is 30.2 Å². The number of benzene rings is 1. The largest absolute Gasteiger partial charge is 0.435 e. The predicted octanol–water partition coefficient (Wildman–Crippen LogP) is 5.03. The minimum atomic E-state index is -4.80. The fraction of sp³-hybridized carbons (Fsp3) is 0.526. The minimum absolute atomic E-state index is 0.193. The Balaban J connectivity index is 2.11. The number of hydrogen-bond donors (Lipinski definition) is 0. The van der Waals surface area contributed by atoms with E-state index >= 15 is 0 Å². The summed E-state index contributed by atoms with van der Waals surface area (Å²) < 4.78 is 85.8. The lowest BCUT2D eigenvalue weighted by atomic mass is 9.89. The summed E-state index contributed by atoms with van der Waals surface area (Å²) in [4.78, 5) is 0. The maximum Gasteiger partial charge on any atom is 0.435 e. The van der Waals surface area contributed by atoms with Crippen LogP contribution in [0.4, 0.5) is 17.6 Å². The van der Waals surface area contributed by atoms with Crippen molar-refractivity contribution in [2.45, 2.75) is 56.1 Å². The molecule has 1 atom stereocenters. The van der Waals surface area contributed by atoms with Crippen LogP contribution >= 0.6 is 0 Å². The Bertz CT molecular complexity index is 965. The Labute approximate surface area is 166 Å². The van der Waals surface area contributed by atoms with Gasteiger partial charge in [0, 0.05) is 12.6 Å². The van der Waals surface area contributed by atoms with E-state index in [2.05, 4.69) is 5.10 Å². The highest BCUT2D eigenvalue weighted by Crippen LogP contribution is 2.46. The molecule has 1 unspecified atom stereocenters. The number of aromatic nitrogens is 2. The molecule has 0 spiro atoms. The lowest BCUT2D eigenvalue weighted by Gasteiger charge is -2.19. The van der Waals surface area contributed by atoms with Gasteiger partial charge in [-0.2, -0.15) is 26.7 Å². The Kier molecular flexibility index (Phi) is 5.93. The molecule has 3 rings (SSSR count). The zero-order chi connectivity index (χ0) is 21.4. The Morgan fingerprint density at radius 1 is 1.24 bits per heavy atom. The van der Waals surface area contributed by atoms with Gasteiger partial charge in [-0.3, -0.25) is 4.68 Å². The van der Waals surface area contributed by atoms with Crippen molar-refractivity contribution >= 4 is 10.1 Å². The summed E-state index contributed by atoms with van der Waals surface area (Å²) in [5, 5.41) is 2.90. The van der Waals surface area contributed by atoms with Gasteiger partial charge in [0.15, 0.2) is 10.7 Å². The van der Waals surface area contributed by atoms with E-state index in [9.17, 15) is 26.0 Å². The summed E-state index contributed by atoms with van der Waals surface area (Å²) in [6, 6.07) is 4.20. The fourth-order valence-electron chi connectivity index (χ4n) is 3.54. The van der Waals surface area contributed by atoms with Gasteiger partial charge in [-0.25, -0.2) is 4.39 Å². The number of nitrogens with zero attached hydrogens (tertiary/aromatic N) is 2. The van der Waals surface area contributed by atoms with Crippen LogP contribution in [0.25, 0.3) is 0 Å². The average molecular weight is 434 g/mol. The molecule has 29 heavy (non-hydrogen) atoms. The van der Waals surface area contributed by atoms with Gasteiger partial charge >= 0.3 is 16.3 Å². The van der Waals surface area contributed by atoms with Gasteiger partial charge in [-0.05, 0) is 48.9 Å². The summed E-state index contributed by atoms with van der Waals surface area (Å²) in [6.45, 7) is 1.84. The first-order chi connectivity index (χ1) is 13.5. The fourth-order valence-corrected chi connectivity index (χ4v) is 4.88. The summed E-state index contributed by atoms with van der Waals surface area (Å²) >= 11 is 0. The first-order valence-electron chi connectivity index (χ1n) is 9.37. The molecule has 0 bridgehead atoms. The van der Waals surface area contributed by atoms with Gasteiger partial charge in [0.25, 0.3) is 0 Å². The Hall–Kier alpha value is -2.10. The molecule has 1 aromatic heterocycles. The second-order valence-electron chi connectivity index (χ2n) is 7.34. The minimum Gasteiger partial charge on any atom is -0.378 e. The third kappa shape index (κ3) is 4.91. The van der Waals surface area contributed by atoms with Crippen molar-refractivity contribution in [3.63, 3.8) is 0 Å². The quantitative estimate of drug-likeness (QED) is 0.432. The van der Waals surface area contributed by atoms with Gasteiger partial charge in [-0.1, -0.05) is 26.2 Å². The summed E-state index contributed by atoms with van der Waals surface area (Å²) in [5.41, 5.74) is -1.53. The van der Waals surface area contributed by atoms with Crippen molar-refractivity contribution in [2.24, 2.45) is 13.0 Å². The molecule has 10 heteroatoms. The Morgan fingerprint density at radius 2 is 1.86 bits per heavy atom. The Morgan fingerprint density at radius 3 is 2.38 bits per heavy atom. The van der Waals surface area contributed by atoms with Crippen LogP contribution in [-0.2, 0) is 23.3 Å². The van der Waals surface area contributed by atoms with Gasteiger partial charge < -0.3 is 4.18 Å². The molecule has 160 valence electrons. The highest BCUT2D eigenvalue weighted by atomic mass is 32.2. The predicted molar refractivity (Wildman–Crippen MR) is 97.4 cm³/mol. The van der Waals surface area contributed by atoms with Crippen LogP contribution < -0.4 is 4.18 Å². The highest BCUT2D eigenvalue weighted by Gasteiger charge is 2.45. The van der Waals surface area contributed by atoms with Crippen molar-refractivity contribution in [3.05, 3.63) is 41.3 Å². The maximum atomic E-state index is 13.7. The van der Waals surface area contributed by atoms with E-state index in [1.165, 1.54) is 0 Å². The number of hydrogen-bond acceptors (Lipinski definition) is 4. The molecule has 0 saturated heterocycles. The molecular weight excluding hydrogens is 412 g/mol. The number of rotatable bonds is 8. The van der Waals surface area contributed by atoms with Crippen molar-refractivity contribution in [3.8, 4) is 5.75 Å². The zero-order valence-corrected chi connectivity index (χ0v) is 16.9. The summed E-state index contributed by atoms with van der Waals surface area (Å²) in [7, 11) is -3.48. The van der Waals surface area contributed by atoms with Crippen LogP contribution in [0.15, 0.2) is 29.3 Å². The second kappa shape index (κ2) is 7.97. The van der Waals surface area contributed by atoms with Gasteiger partial charge in [0.1, 0.15) is 11.6 Å². The van der Waals surface area contributed by atoms with Crippen molar-refractivity contribution in [1.82, 2.24) is 9.78 Å². The van der Waals surface area contributed by atoms with E-state index in [1.807, 2.05) is 6.92 Å². The molecule has 5 nitrogen and oxygen atoms in total. The smallest absolute Gasteiger partial charge is 0.378 e. The second-order valence-corrected chi connectivity index (χ2v) is 8.81. The monoisotopic (exact) mass is 434 g/mol. The molecule has 0 aliphatic heterocycles. The van der Waals surface area contributed by atoms with Gasteiger partial charge in [-0.15, -0.1) is 0 Å². The number of alkyl halides is 3. The molecule has 0 N–H and O–H groups in total. The van der Waals surface area contributed by atoms with Crippen LogP contribution in [0.2, 0.25) is 0 Å². The van der Waals surface area contributed by atoms with Crippen molar-refractivity contribution in [1.29, 1.82) is 0 Å². The van der Waals surface area contributed by atoms with Crippen LogP contribution in [-0.4, -0.2) is 18.2 Å². The van der Waals surface area contributed by atoms with Gasteiger partial charge in [0.05, 0.1) is 0 Å². The van der Waals surface area contributed by atoms with Crippen LogP contribution in [0.3, 0.4) is 0 Å². The molecule has 1 fully saturated rings. The van der Waals surface area contributed by atoms with E-state index in [1.54, 1.807) is 0 Å². The van der Waals surface area contributed by atoms with Gasteiger partial charge in [0.2, 0.25) is 0 Å². The molecule has 1 saturated carbocycles. The first-order valence-corrected chi connectivity index (χ1v) is 10.8. The lowest BCUT2D eigenvalue weighted by molar-refractivity contribution is -0.142. The van der Waals surface area contributed by atoms with E-state index < -0.39 is 38.7 Å². The van der Waals surface area contributed by atoms with Crippen LogP contribution in [0.1, 0.15) is 56.2 Å². The summed E-state index contributed by atoms with van der Waals surface area (Å²) in [6.07, 6.45) is -1.47. The molecule has 1 aliphatic carbocycles. The maximum absolute atomic E-state index is 13.7. The number of aryl methyl sites for hydroxylation is 1. The third-order valence-corrected chi connectivity index (χ3v) is 6.28. The van der Waals surface area contributed by atoms with Crippen molar-refractivity contribution in [2.75, 3.05) is 0 Å². The van der Waals surface area contributed by atoms with E-state index in [0.717, 1.165) is 44.2 Å². The normalized spacial score (nSPS) is 16.1. The SMILES string of the molecule is CCCC(CC1CC1)c1c(C(F)(F)F)nn(C)c1S(=O)(=O)Oc1ccc(F)cc1. The van der Waals surface area contributed by atoms with E-state index in [4.69, 9.17) is 4.18 Å². The average Bonchev–Trinajstić information content (AvgIpc) is 3.35. The van der Waals surface area contributed by atoms with Crippen LogP contribution in [0.5, 0.6) is 5.75 Å². The highest BCUT2D eigenvalue weighted by molar-refractivity contribution is 7.87. The standard InChI is InChI=1S/C19H22F4N2O3S/c1-3-4-13(11-12-5-6-12)16-17(19(21,22)23)24-25(2)18(16)29(26,27)28-15-9-7-14(20)8-10-15/h7-10,12-13H,3-6,11H2,1-2H3. The first kappa shape index (κ1) is 21.6. The number of halogens is 4.